The molecule has 0 fully saturated rings. The molecule has 0 aliphatic rings. The zero-order valence-electron chi connectivity index (χ0n) is 8.41. The van der Waals surface area contributed by atoms with Crippen molar-refractivity contribution in [2.45, 2.75) is 6.92 Å². The largest absolute Gasteiger partial charge is 0.492 e. The molecule has 0 spiro atoms. The van der Waals surface area contributed by atoms with Crippen molar-refractivity contribution in [2.75, 3.05) is 14.2 Å². The van der Waals surface area contributed by atoms with Crippen LogP contribution in [-0.2, 0) is 9.31 Å². The van der Waals surface area contributed by atoms with E-state index in [-0.39, 0.29) is 0 Å². The van der Waals surface area contributed by atoms with E-state index in [0.717, 1.165) is 5.47 Å². The molecule has 0 bridgehead atoms. The van der Waals surface area contributed by atoms with E-state index >= 15 is 0 Å². The molecule has 0 saturated carbocycles. The Balaban J connectivity index is 4.20. The molecule has 68 valence electrons. The fraction of sp³-hybridized carbons (Fsp3) is 0.333. The van der Waals surface area contributed by atoms with Crippen LogP contribution in [0.1, 0.15) is 6.92 Å². The van der Waals surface area contributed by atoms with E-state index in [9.17, 15) is 0 Å². The zero-order valence-corrected chi connectivity index (χ0v) is 8.41. The summed E-state index contributed by atoms with van der Waals surface area (Å²) in [5.41, 5.74) is 1.42. The molecule has 0 aromatic rings. The van der Waals surface area contributed by atoms with E-state index in [0.29, 0.717) is 5.47 Å². The lowest BCUT2D eigenvalue weighted by molar-refractivity contribution is 0.288. The maximum Gasteiger partial charge on any atom is 0.492 e. The minimum Gasteiger partial charge on any atom is -0.410 e. The van der Waals surface area contributed by atoms with Crippen molar-refractivity contribution in [1.82, 2.24) is 0 Å². The van der Waals surface area contributed by atoms with E-state index in [1.54, 1.807) is 32.4 Å². The molecule has 2 radical (unpaired) electrons. The summed E-state index contributed by atoms with van der Waals surface area (Å²) in [6, 6.07) is 0. The van der Waals surface area contributed by atoms with Crippen molar-refractivity contribution >= 4 is 15.0 Å². The molecule has 0 N–H and O–H groups in total. The second-order valence-corrected chi connectivity index (χ2v) is 2.50. The van der Waals surface area contributed by atoms with Gasteiger partial charge in [-0.1, -0.05) is 24.8 Å². The molecule has 0 aliphatic heterocycles. The Labute approximate surface area is 81.9 Å². The van der Waals surface area contributed by atoms with Gasteiger partial charge >= 0.3 is 7.12 Å². The molecule has 0 aromatic carbocycles. The van der Waals surface area contributed by atoms with Gasteiger partial charge in [0.15, 0.2) is 0 Å². The van der Waals surface area contributed by atoms with E-state index in [1.807, 2.05) is 6.92 Å². The van der Waals surface area contributed by atoms with E-state index in [1.165, 1.54) is 0 Å². The van der Waals surface area contributed by atoms with Crippen LogP contribution < -0.4 is 0 Å². The third kappa shape index (κ3) is 4.76. The third-order valence-electron chi connectivity index (χ3n) is 1.55. The summed E-state index contributed by atoms with van der Waals surface area (Å²) in [6.07, 6.45) is 5.33. The average molecular weight is 176 g/mol. The van der Waals surface area contributed by atoms with E-state index < -0.39 is 7.12 Å². The molecule has 0 aromatic heterocycles. The quantitative estimate of drug-likeness (QED) is 0.466. The molecular formula is C9H14B2O2. The highest BCUT2D eigenvalue weighted by molar-refractivity contribution is 6.54. The molecule has 13 heavy (non-hydrogen) atoms. The van der Waals surface area contributed by atoms with Crippen LogP contribution in [0.5, 0.6) is 0 Å². The summed E-state index contributed by atoms with van der Waals surface area (Å²) in [7, 11) is 8.28. The summed E-state index contributed by atoms with van der Waals surface area (Å²) < 4.78 is 9.99. The molecule has 4 heteroatoms. The standard InChI is InChI=1S/C9H14B2O2/c1-5-9(10)7-6-8(2)11(12-3)13-4/h5-7H,2H2,1,3-4H3/b7-6-,9-5+. The Morgan fingerprint density at radius 3 is 2.23 bits per heavy atom. The Kier molecular flexibility index (Phi) is 6.37. The van der Waals surface area contributed by atoms with Crippen molar-refractivity contribution in [3.63, 3.8) is 0 Å². The minimum atomic E-state index is -0.402. The highest BCUT2D eigenvalue weighted by atomic mass is 16.6. The molecule has 0 aliphatic carbocycles. The third-order valence-corrected chi connectivity index (χ3v) is 1.55. The van der Waals surface area contributed by atoms with Gasteiger partial charge in [-0.2, -0.15) is 0 Å². The topological polar surface area (TPSA) is 18.5 Å². The first-order chi connectivity index (χ1) is 6.15. The van der Waals surface area contributed by atoms with Crippen LogP contribution in [0.25, 0.3) is 0 Å². The van der Waals surface area contributed by atoms with Crippen LogP contribution in [0.2, 0.25) is 0 Å². The molecule has 0 saturated heterocycles. The van der Waals surface area contributed by atoms with Gasteiger partial charge in [0.05, 0.1) is 0 Å². The van der Waals surface area contributed by atoms with Crippen LogP contribution in [0.15, 0.2) is 35.8 Å². The van der Waals surface area contributed by atoms with Gasteiger partial charge < -0.3 is 9.31 Å². The van der Waals surface area contributed by atoms with Crippen LogP contribution in [0, 0.1) is 0 Å². The molecule has 0 atom stereocenters. The van der Waals surface area contributed by atoms with E-state index in [2.05, 4.69) is 6.58 Å². The van der Waals surface area contributed by atoms with Crippen molar-refractivity contribution < 1.29 is 9.31 Å². The zero-order chi connectivity index (χ0) is 10.3. The Bertz CT molecular complexity index is 218. The van der Waals surface area contributed by atoms with Crippen molar-refractivity contribution in [3.8, 4) is 0 Å². The van der Waals surface area contributed by atoms with Crippen LogP contribution in [0.3, 0.4) is 0 Å². The maximum atomic E-state index is 5.56. The maximum absolute atomic E-state index is 5.56. The van der Waals surface area contributed by atoms with Crippen molar-refractivity contribution in [3.05, 3.63) is 35.8 Å². The lowest BCUT2D eigenvalue weighted by Gasteiger charge is -2.07. The Hall–Kier alpha value is -0.730. The first-order valence-electron chi connectivity index (χ1n) is 4.00. The lowest BCUT2D eigenvalue weighted by Crippen LogP contribution is -2.20. The summed E-state index contributed by atoms with van der Waals surface area (Å²) in [5, 5.41) is 0. The van der Waals surface area contributed by atoms with Gasteiger partial charge in [-0.15, -0.1) is 5.47 Å². The molecule has 0 rings (SSSR count). The monoisotopic (exact) mass is 176 g/mol. The van der Waals surface area contributed by atoms with Gasteiger partial charge in [-0.25, -0.2) is 0 Å². The highest BCUT2D eigenvalue weighted by Crippen LogP contribution is 2.03. The Morgan fingerprint density at radius 1 is 1.31 bits per heavy atom. The molecule has 0 amide bonds. The number of allylic oxidation sites excluding steroid dienone is 5. The number of hydrogen-bond acceptors (Lipinski definition) is 2. The van der Waals surface area contributed by atoms with Crippen molar-refractivity contribution in [1.29, 1.82) is 0 Å². The smallest absolute Gasteiger partial charge is 0.410 e. The number of hydrogen-bond donors (Lipinski definition) is 0. The molecular weight excluding hydrogens is 162 g/mol. The van der Waals surface area contributed by atoms with Gasteiger partial charge in [-0.05, 0) is 12.4 Å². The summed E-state index contributed by atoms with van der Waals surface area (Å²) in [4.78, 5) is 0. The minimum absolute atomic E-state index is 0.402. The first kappa shape index (κ1) is 12.3. The summed E-state index contributed by atoms with van der Waals surface area (Å²) >= 11 is 0. The second kappa shape index (κ2) is 6.75. The molecule has 0 unspecified atom stereocenters. The first-order valence-corrected chi connectivity index (χ1v) is 4.00. The Morgan fingerprint density at radius 2 is 1.85 bits per heavy atom. The normalized spacial score (nSPS) is 12.1. The fourth-order valence-corrected chi connectivity index (χ4v) is 0.777. The van der Waals surface area contributed by atoms with Crippen LogP contribution >= 0.6 is 0 Å². The SMILES string of the molecule is [B]C(/C=C\C(=C)B(OC)OC)=C/C. The van der Waals surface area contributed by atoms with E-state index in [4.69, 9.17) is 17.2 Å². The average Bonchev–Trinajstić information content (AvgIpc) is 2.16. The highest BCUT2D eigenvalue weighted by Gasteiger charge is 2.15. The lowest BCUT2D eigenvalue weighted by atomic mass is 9.78. The number of rotatable bonds is 5. The fourth-order valence-electron chi connectivity index (χ4n) is 0.777. The second-order valence-electron chi connectivity index (χ2n) is 2.50. The van der Waals surface area contributed by atoms with Gasteiger partial charge in [0.1, 0.15) is 7.85 Å². The predicted molar refractivity (Wildman–Crippen MR) is 57.6 cm³/mol. The summed E-state index contributed by atoms with van der Waals surface area (Å²) in [6.45, 7) is 5.65. The van der Waals surface area contributed by atoms with Gasteiger partial charge in [0.2, 0.25) is 0 Å². The van der Waals surface area contributed by atoms with Crippen molar-refractivity contribution in [2.24, 2.45) is 0 Å². The predicted octanol–water partition coefficient (Wildman–Crippen LogP) is 1.49. The van der Waals surface area contributed by atoms with Crippen LogP contribution in [-0.4, -0.2) is 29.2 Å². The molecule has 0 heterocycles. The van der Waals surface area contributed by atoms with Gasteiger partial charge in [0, 0.05) is 14.2 Å². The van der Waals surface area contributed by atoms with Crippen LogP contribution in [0.4, 0.5) is 0 Å². The summed E-state index contributed by atoms with van der Waals surface area (Å²) in [5.74, 6) is 0. The van der Waals surface area contributed by atoms with Gasteiger partial charge in [-0.3, -0.25) is 0 Å². The van der Waals surface area contributed by atoms with Gasteiger partial charge in [0.25, 0.3) is 0 Å². The molecule has 2 nitrogen and oxygen atoms in total.